The highest BCUT2D eigenvalue weighted by atomic mass is 19.1. The summed E-state index contributed by atoms with van der Waals surface area (Å²) in [6.07, 6.45) is 3.42. The van der Waals surface area contributed by atoms with Crippen LogP contribution in [0.1, 0.15) is 38.3 Å². The summed E-state index contributed by atoms with van der Waals surface area (Å²) in [7, 11) is 1.59. The molecule has 26 heavy (non-hydrogen) atoms. The molecule has 8 heteroatoms. The quantitative estimate of drug-likeness (QED) is 0.773. The molecule has 0 radical (unpaired) electrons. The molecule has 0 amide bonds. The fourth-order valence-electron chi connectivity index (χ4n) is 3.65. The van der Waals surface area contributed by atoms with Gasteiger partial charge in [-0.15, -0.1) is 0 Å². The summed E-state index contributed by atoms with van der Waals surface area (Å²) in [5.41, 5.74) is 7.28. The zero-order chi connectivity index (χ0) is 18.6. The van der Waals surface area contributed by atoms with Gasteiger partial charge < -0.3 is 10.5 Å². The van der Waals surface area contributed by atoms with E-state index in [1.54, 1.807) is 13.2 Å². The van der Waals surface area contributed by atoms with E-state index >= 15 is 0 Å². The van der Waals surface area contributed by atoms with Crippen molar-refractivity contribution in [2.24, 2.45) is 5.41 Å². The first kappa shape index (κ1) is 16.7. The van der Waals surface area contributed by atoms with E-state index in [1.807, 2.05) is 0 Å². The lowest BCUT2D eigenvalue weighted by Gasteiger charge is -2.42. The molecule has 3 aromatic heterocycles. The van der Waals surface area contributed by atoms with Crippen LogP contribution >= 0.6 is 0 Å². The van der Waals surface area contributed by atoms with Gasteiger partial charge in [-0.25, -0.2) is 23.3 Å². The normalized spacial score (nSPS) is 16.7. The maximum Gasteiger partial charge on any atom is 0.168 e. The lowest BCUT2D eigenvalue weighted by atomic mass is 9.63. The highest BCUT2D eigenvalue weighted by molar-refractivity contribution is 5.62. The molecular formula is C18H19F2N5O. The topological polar surface area (TPSA) is 78.3 Å². The third-order valence-corrected chi connectivity index (χ3v) is 4.89. The van der Waals surface area contributed by atoms with Crippen molar-refractivity contribution < 1.29 is 13.5 Å². The van der Waals surface area contributed by atoms with Crippen LogP contribution in [0.5, 0.6) is 5.75 Å². The van der Waals surface area contributed by atoms with Gasteiger partial charge in [0.2, 0.25) is 0 Å². The van der Waals surface area contributed by atoms with Crippen molar-refractivity contribution in [2.75, 3.05) is 12.8 Å². The van der Waals surface area contributed by atoms with Crippen LogP contribution in [0.2, 0.25) is 0 Å². The van der Waals surface area contributed by atoms with E-state index in [0.29, 0.717) is 17.1 Å². The molecule has 1 aliphatic carbocycles. The van der Waals surface area contributed by atoms with Crippen LogP contribution in [0.4, 0.5) is 14.6 Å². The first-order valence-electron chi connectivity index (χ1n) is 8.33. The Morgan fingerprint density at radius 2 is 1.96 bits per heavy atom. The Morgan fingerprint density at radius 1 is 1.23 bits per heavy atom. The van der Waals surface area contributed by atoms with Crippen LogP contribution in [0.15, 0.2) is 18.3 Å². The molecule has 0 saturated heterocycles. The van der Waals surface area contributed by atoms with E-state index in [4.69, 9.17) is 10.5 Å². The van der Waals surface area contributed by atoms with E-state index in [-0.39, 0.29) is 22.8 Å². The lowest BCUT2D eigenvalue weighted by Crippen LogP contribution is -2.31. The third kappa shape index (κ3) is 2.56. The number of methoxy groups -OCH3 is 1. The van der Waals surface area contributed by atoms with E-state index in [1.165, 1.54) is 10.7 Å². The Hall–Kier alpha value is -2.77. The smallest absolute Gasteiger partial charge is 0.168 e. The Morgan fingerprint density at radius 3 is 2.62 bits per heavy atom. The fraction of sp³-hybridized carbons (Fsp3) is 0.389. The molecule has 1 aliphatic rings. The van der Waals surface area contributed by atoms with Crippen LogP contribution < -0.4 is 10.5 Å². The number of halogens is 2. The first-order valence-corrected chi connectivity index (χ1v) is 8.33. The van der Waals surface area contributed by atoms with E-state index in [9.17, 15) is 8.78 Å². The molecule has 0 aliphatic heterocycles. The SMILES string of the molecule is COc1cc2ncc(-c3nc(N)c(F)cc3F)n2nc1C1CC(C)(C)C1. The van der Waals surface area contributed by atoms with Crippen LogP contribution in [0.3, 0.4) is 0 Å². The summed E-state index contributed by atoms with van der Waals surface area (Å²) in [6.45, 7) is 4.41. The van der Waals surface area contributed by atoms with Crippen LogP contribution in [0, 0.1) is 17.0 Å². The molecule has 2 N–H and O–H groups in total. The second-order valence-corrected chi connectivity index (χ2v) is 7.47. The molecule has 3 aromatic rings. The summed E-state index contributed by atoms with van der Waals surface area (Å²) in [6, 6.07) is 2.48. The van der Waals surface area contributed by atoms with Gasteiger partial charge in [-0.05, 0) is 18.3 Å². The largest absolute Gasteiger partial charge is 0.495 e. The van der Waals surface area contributed by atoms with Crippen molar-refractivity contribution in [3.63, 3.8) is 0 Å². The summed E-state index contributed by atoms with van der Waals surface area (Å²) >= 11 is 0. The number of hydrogen-bond acceptors (Lipinski definition) is 5. The van der Waals surface area contributed by atoms with Gasteiger partial charge in [-0.2, -0.15) is 5.10 Å². The minimum Gasteiger partial charge on any atom is -0.495 e. The zero-order valence-electron chi connectivity index (χ0n) is 14.8. The van der Waals surface area contributed by atoms with Gasteiger partial charge in [0.25, 0.3) is 0 Å². The van der Waals surface area contributed by atoms with Crippen molar-refractivity contribution in [3.8, 4) is 17.1 Å². The summed E-state index contributed by atoms with van der Waals surface area (Å²) in [5.74, 6) is -1.17. The second kappa shape index (κ2) is 5.62. The fourth-order valence-corrected chi connectivity index (χ4v) is 3.65. The number of hydrogen-bond donors (Lipinski definition) is 1. The molecule has 1 fully saturated rings. The average Bonchev–Trinajstić information content (AvgIpc) is 2.97. The van der Waals surface area contributed by atoms with Crippen molar-refractivity contribution in [3.05, 3.63) is 35.7 Å². The molecule has 4 rings (SSSR count). The van der Waals surface area contributed by atoms with Crippen LogP contribution in [-0.4, -0.2) is 26.7 Å². The highest BCUT2D eigenvalue weighted by Crippen LogP contribution is 2.51. The number of nitrogens with two attached hydrogens (primary N) is 1. The van der Waals surface area contributed by atoms with Gasteiger partial charge in [0.1, 0.15) is 22.8 Å². The molecule has 3 heterocycles. The number of rotatable bonds is 3. The van der Waals surface area contributed by atoms with Gasteiger partial charge in [0.05, 0.1) is 13.3 Å². The zero-order valence-corrected chi connectivity index (χ0v) is 14.8. The number of aromatic nitrogens is 4. The Balaban J connectivity index is 1.87. The Bertz CT molecular complexity index is 1010. The minimum absolute atomic E-state index is 0.0889. The van der Waals surface area contributed by atoms with Crippen molar-refractivity contribution in [2.45, 2.75) is 32.6 Å². The average molecular weight is 359 g/mol. The molecule has 0 unspecified atom stereocenters. The minimum atomic E-state index is -0.896. The van der Waals surface area contributed by atoms with Gasteiger partial charge in [-0.3, -0.25) is 0 Å². The predicted octanol–water partition coefficient (Wildman–Crippen LogP) is 3.56. The molecule has 0 atom stereocenters. The van der Waals surface area contributed by atoms with Crippen molar-refractivity contribution >= 4 is 11.5 Å². The van der Waals surface area contributed by atoms with Gasteiger partial charge >= 0.3 is 0 Å². The van der Waals surface area contributed by atoms with E-state index in [0.717, 1.165) is 24.6 Å². The van der Waals surface area contributed by atoms with Crippen LogP contribution in [-0.2, 0) is 0 Å². The molecular weight excluding hydrogens is 340 g/mol. The van der Waals surface area contributed by atoms with Crippen molar-refractivity contribution in [1.29, 1.82) is 0 Å². The summed E-state index contributed by atoms with van der Waals surface area (Å²) < 4.78 is 34.7. The number of nitrogen functional groups attached to an aromatic ring is 1. The highest BCUT2D eigenvalue weighted by Gasteiger charge is 2.39. The summed E-state index contributed by atoms with van der Waals surface area (Å²) in [5, 5.41) is 4.65. The lowest BCUT2D eigenvalue weighted by molar-refractivity contribution is 0.145. The number of fused-ring (bicyclic) bond motifs is 1. The number of imidazole rings is 1. The molecule has 6 nitrogen and oxygen atoms in total. The predicted molar refractivity (Wildman–Crippen MR) is 92.9 cm³/mol. The van der Waals surface area contributed by atoms with E-state index in [2.05, 4.69) is 28.9 Å². The standard InChI is InChI=1S/C18H19F2N5O/c1-18(2)6-9(7-18)15-13(26-3)5-14-22-8-12(25(14)24-15)16-10(19)4-11(20)17(21)23-16/h4-5,8-9H,6-7H2,1-3H3,(H2,21,23). The summed E-state index contributed by atoms with van der Waals surface area (Å²) in [4.78, 5) is 8.08. The van der Waals surface area contributed by atoms with Gasteiger partial charge in [0.15, 0.2) is 23.1 Å². The molecule has 0 bridgehead atoms. The number of nitrogens with zero attached hydrogens (tertiary/aromatic N) is 4. The van der Waals surface area contributed by atoms with E-state index < -0.39 is 11.6 Å². The molecule has 136 valence electrons. The maximum atomic E-state index is 14.3. The monoisotopic (exact) mass is 359 g/mol. The maximum absolute atomic E-state index is 14.3. The first-order chi connectivity index (χ1) is 12.3. The Kier molecular flexibility index (Phi) is 3.61. The molecule has 0 spiro atoms. The number of anilines is 1. The molecule has 1 saturated carbocycles. The molecule has 0 aromatic carbocycles. The number of pyridine rings is 1. The number of ether oxygens (including phenoxy) is 1. The van der Waals surface area contributed by atoms with Crippen LogP contribution in [0.25, 0.3) is 17.0 Å². The third-order valence-electron chi connectivity index (χ3n) is 4.89. The Labute approximate surface area is 149 Å². The second-order valence-electron chi connectivity index (χ2n) is 7.47. The van der Waals surface area contributed by atoms with Gasteiger partial charge in [-0.1, -0.05) is 13.8 Å². The van der Waals surface area contributed by atoms with Crippen molar-refractivity contribution in [1.82, 2.24) is 19.6 Å². The van der Waals surface area contributed by atoms with Gasteiger partial charge in [0, 0.05) is 18.1 Å².